The van der Waals surface area contributed by atoms with Crippen LogP contribution >= 0.6 is 0 Å². The van der Waals surface area contributed by atoms with E-state index in [1.54, 1.807) is 0 Å². The van der Waals surface area contributed by atoms with Crippen molar-refractivity contribution >= 4 is 0 Å². The second-order valence-electron chi connectivity index (χ2n) is 8.15. The summed E-state index contributed by atoms with van der Waals surface area (Å²) in [6.07, 6.45) is 4.37. The van der Waals surface area contributed by atoms with Crippen molar-refractivity contribution in [3.05, 3.63) is 0 Å². The number of ether oxygens (including phenoxy) is 1. The number of rotatable bonds is 0. The summed E-state index contributed by atoms with van der Waals surface area (Å²) in [7, 11) is 0. The molecular formula is C16H28O2. The van der Waals surface area contributed by atoms with Crippen LogP contribution < -0.4 is 0 Å². The molecular weight excluding hydrogens is 224 g/mol. The van der Waals surface area contributed by atoms with Crippen LogP contribution in [0.25, 0.3) is 0 Å². The molecule has 2 aliphatic carbocycles. The lowest BCUT2D eigenvalue weighted by molar-refractivity contribution is -0.212. The van der Waals surface area contributed by atoms with Crippen molar-refractivity contribution < 1.29 is 9.84 Å². The van der Waals surface area contributed by atoms with Crippen LogP contribution in [0, 0.1) is 23.2 Å². The summed E-state index contributed by atoms with van der Waals surface area (Å²) >= 11 is 0. The summed E-state index contributed by atoms with van der Waals surface area (Å²) in [4.78, 5) is 0. The molecule has 2 aliphatic heterocycles. The van der Waals surface area contributed by atoms with E-state index < -0.39 is 0 Å². The van der Waals surface area contributed by atoms with Crippen LogP contribution in [-0.2, 0) is 4.74 Å². The molecule has 2 saturated heterocycles. The van der Waals surface area contributed by atoms with Crippen LogP contribution in [0.5, 0.6) is 0 Å². The van der Waals surface area contributed by atoms with Gasteiger partial charge in [0, 0.05) is 5.92 Å². The molecule has 2 heteroatoms. The van der Waals surface area contributed by atoms with Crippen molar-refractivity contribution in [3.63, 3.8) is 0 Å². The molecule has 0 spiro atoms. The van der Waals surface area contributed by atoms with Gasteiger partial charge in [-0.15, -0.1) is 0 Å². The first-order valence-corrected chi connectivity index (χ1v) is 7.57. The highest BCUT2D eigenvalue weighted by atomic mass is 16.5. The maximum atomic E-state index is 10.6. The summed E-state index contributed by atoms with van der Waals surface area (Å²) in [5.74, 6) is 1.56. The molecule has 4 aliphatic rings. The molecule has 1 N–H and O–H groups in total. The van der Waals surface area contributed by atoms with Crippen molar-refractivity contribution in [2.45, 2.75) is 77.6 Å². The predicted molar refractivity (Wildman–Crippen MR) is 72.3 cm³/mol. The quantitative estimate of drug-likeness (QED) is 0.716. The topological polar surface area (TPSA) is 29.5 Å². The van der Waals surface area contributed by atoms with Gasteiger partial charge >= 0.3 is 0 Å². The lowest BCUT2D eigenvalue weighted by atomic mass is 9.66. The third-order valence-electron chi connectivity index (χ3n) is 6.63. The molecule has 104 valence electrons. The van der Waals surface area contributed by atoms with E-state index in [2.05, 4.69) is 34.6 Å². The molecule has 0 aromatic carbocycles. The standard InChI is InChI=1S/C16H28O2/c1-10-8-12(17)13-15(10,4)9-11-6-7-16(13,5)18-14(11,2)3/h10-13,17H,6-9H2,1-5H3. The Labute approximate surface area is 111 Å². The van der Waals surface area contributed by atoms with Crippen LogP contribution in [0.2, 0.25) is 0 Å². The van der Waals surface area contributed by atoms with Crippen molar-refractivity contribution in [2.75, 3.05) is 0 Å². The molecule has 18 heavy (non-hydrogen) atoms. The normalized spacial score (nSPS) is 58.3. The Morgan fingerprint density at radius 2 is 1.83 bits per heavy atom. The summed E-state index contributed by atoms with van der Waals surface area (Å²) in [5, 5.41) is 10.6. The van der Waals surface area contributed by atoms with E-state index >= 15 is 0 Å². The minimum Gasteiger partial charge on any atom is -0.393 e. The van der Waals surface area contributed by atoms with Gasteiger partial charge in [0.1, 0.15) is 0 Å². The fourth-order valence-electron chi connectivity index (χ4n) is 5.59. The third kappa shape index (κ3) is 1.48. The third-order valence-corrected chi connectivity index (χ3v) is 6.63. The lowest BCUT2D eigenvalue weighted by Crippen LogP contribution is -2.52. The van der Waals surface area contributed by atoms with Gasteiger partial charge in [0.05, 0.1) is 17.3 Å². The SMILES string of the molecule is CC1CC(O)C2C3(C)CCC(CC12C)C(C)(C)O3. The molecule has 0 amide bonds. The van der Waals surface area contributed by atoms with E-state index in [0.29, 0.717) is 17.8 Å². The van der Waals surface area contributed by atoms with Gasteiger partial charge in [-0.3, -0.25) is 0 Å². The van der Waals surface area contributed by atoms with Crippen LogP contribution in [0.15, 0.2) is 0 Å². The Bertz CT molecular complexity index is 364. The fraction of sp³-hybridized carbons (Fsp3) is 1.00. The van der Waals surface area contributed by atoms with Gasteiger partial charge in [-0.2, -0.15) is 0 Å². The van der Waals surface area contributed by atoms with Crippen molar-refractivity contribution in [2.24, 2.45) is 23.2 Å². The Hall–Kier alpha value is -0.0800. The number of fused-ring (bicyclic) bond motifs is 2. The summed E-state index contributed by atoms with van der Waals surface area (Å²) < 4.78 is 6.52. The molecule has 0 aromatic rings. The molecule has 4 fully saturated rings. The highest BCUT2D eigenvalue weighted by Crippen LogP contribution is 2.64. The maximum Gasteiger partial charge on any atom is 0.0720 e. The van der Waals surface area contributed by atoms with E-state index in [1.165, 1.54) is 12.8 Å². The van der Waals surface area contributed by atoms with Crippen LogP contribution in [0.3, 0.4) is 0 Å². The molecule has 2 saturated carbocycles. The van der Waals surface area contributed by atoms with E-state index in [9.17, 15) is 5.11 Å². The smallest absolute Gasteiger partial charge is 0.0720 e. The average molecular weight is 252 g/mol. The summed E-state index contributed by atoms with van der Waals surface area (Å²) in [5.41, 5.74) is 0.0956. The van der Waals surface area contributed by atoms with Gasteiger partial charge in [-0.1, -0.05) is 13.8 Å². The maximum absolute atomic E-state index is 10.6. The van der Waals surface area contributed by atoms with E-state index in [-0.39, 0.29) is 22.7 Å². The molecule has 6 atom stereocenters. The second kappa shape index (κ2) is 3.52. The molecule has 0 radical (unpaired) electrons. The highest BCUT2D eigenvalue weighted by Gasteiger charge is 2.64. The van der Waals surface area contributed by atoms with Gasteiger partial charge < -0.3 is 9.84 Å². The zero-order valence-electron chi connectivity index (χ0n) is 12.5. The molecule has 6 unspecified atom stereocenters. The van der Waals surface area contributed by atoms with E-state index in [0.717, 1.165) is 12.8 Å². The van der Waals surface area contributed by atoms with E-state index in [4.69, 9.17) is 4.74 Å². The van der Waals surface area contributed by atoms with Gasteiger partial charge in [0.25, 0.3) is 0 Å². The Morgan fingerprint density at radius 1 is 1.17 bits per heavy atom. The fourth-order valence-corrected chi connectivity index (χ4v) is 5.59. The molecule has 2 heterocycles. The van der Waals surface area contributed by atoms with Crippen LogP contribution in [0.4, 0.5) is 0 Å². The molecule has 2 nitrogen and oxygen atoms in total. The lowest BCUT2D eigenvalue weighted by Gasteiger charge is -2.48. The second-order valence-corrected chi connectivity index (χ2v) is 8.15. The van der Waals surface area contributed by atoms with Gasteiger partial charge in [0.15, 0.2) is 0 Å². The summed E-state index contributed by atoms with van der Waals surface area (Å²) in [6, 6.07) is 0. The van der Waals surface area contributed by atoms with Crippen molar-refractivity contribution in [1.82, 2.24) is 0 Å². The van der Waals surface area contributed by atoms with Gasteiger partial charge in [0.2, 0.25) is 0 Å². The van der Waals surface area contributed by atoms with Crippen molar-refractivity contribution in [1.29, 1.82) is 0 Å². The molecule has 2 bridgehead atoms. The molecule has 0 aromatic heterocycles. The van der Waals surface area contributed by atoms with Crippen LogP contribution in [-0.4, -0.2) is 22.4 Å². The molecule has 4 rings (SSSR count). The highest BCUT2D eigenvalue weighted by molar-refractivity contribution is 5.13. The van der Waals surface area contributed by atoms with Crippen molar-refractivity contribution in [3.8, 4) is 0 Å². The first kappa shape index (κ1) is 12.9. The van der Waals surface area contributed by atoms with Gasteiger partial charge in [-0.05, 0) is 63.7 Å². The zero-order chi connectivity index (χ0) is 13.3. The predicted octanol–water partition coefficient (Wildman–Crippen LogP) is 3.38. The van der Waals surface area contributed by atoms with Gasteiger partial charge in [-0.25, -0.2) is 0 Å². The number of aliphatic hydroxyl groups is 1. The number of hydrogen-bond donors (Lipinski definition) is 1. The first-order valence-electron chi connectivity index (χ1n) is 7.57. The van der Waals surface area contributed by atoms with E-state index in [1.807, 2.05) is 0 Å². The largest absolute Gasteiger partial charge is 0.393 e. The summed E-state index contributed by atoms with van der Waals surface area (Å²) in [6.45, 7) is 11.5. The Balaban J connectivity index is 2.10. The Kier molecular flexibility index (Phi) is 2.53. The van der Waals surface area contributed by atoms with Crippen LogP contribution in [0.1, 0.15) is 60.3 Å². The minimum absolute atomic E-state index is 0.0280. The first-order chi connectivity index (χ1) is 8.19. The minimum atomic E-state index is -0.178. The average Bonchev–Trinajstić information content (AvgIpc) is 2.34. The zero-order valence-corrected chi connectivity index (χ0v) is 12.5. The number of aliphatic hydroxyl groups excluding tert-OH is 1. The number of hydrogen-bond acceptors (Lipinski definition) is 2. The Morgan fingerprint density at radius 3 is 2.44 bits per heavy atom. The monoisotopic (exact) mass is 252 g/mol.